The van der Waals surface area contributed by atoms with Crippen molar-refractivity contribution in [3.05, 3.63) is 35.7 Å². The molecule has 0 aliphatic heterocycles. The van der Waals surface area contributed by atoms with Crippen molar-refractivity contribution >= 4 is 11.8 Å². The van der Waals surface area contributed by atoms with Gasteiger partial charge in [-0.1, -0.05) is 12.1 Å². The van der Waals surface area contributed by atoms with Gasteiger partial charge in [-0.25, -0.2) is 0 Å². The zero-order chi connectivity index (χ0) is 11.5. The van der Waals surface area contributed by atoms with Crippen molar-refractivity contribution in [2.24, 2.45) is 7.05 Å². The standard InChI is InChI=1S/C11H13N3OS/c1-8-5-9(6-15)3-4-10(8)16-11-13-12-7-14(11)2/h3-5,7,15H,6H2,1-2H3. The summed E-state index contributed by atoms with van der Waals surface area (Å²) < 4.78 is 1.88. The lowest BCUT2D eigenvalue weighted by Gasteiger charge is -2.06. The van der Waals surface area contributed by atoms with Crippen LogP contribution in [0, 0.1) is 6.92 Å². The van der Waals surface area contributed by atoms with Gasteiger partial charge in [-0.05, 0) is 35.9 Å². The highest BCUT2D eigenvalue weighted by atomic mass is 32.2. The smallest absolute Gasteiger partial charge is 0.195 e. The average Bonchev–Trinajstić information content (AvgIpc) is 2.67. The van der Waals surface area contributed by atoms with E-state index in [1.807, 2.05) is 36.7 Å². The minimum Gasteiger partial charge on any atom is -0.392 e. The predicted molar refractivity (Wildman–Crippen MR) is 62.2 cm³/mol. The third-order valence-electron chi connectivity index (χ3n) is 2.29. The molecule has 2 rings (SSSR count). The summed E-state index contributed by atoms with van der Waals surface area (Å²) in [4.78, 5) is 1.13. The molecule has 1 heterocycles. The van der Waals surface area contributed by atoms with Gasteiger partial charge >= 0.3 is 0 Å². The molecule has 0 aliphatic rings. The number of hydrogen-bond donors (Lipinski definition) is 1. The molecule has 0 unspecified atom stereocenters. The number of hydrogen-bond acceptors (Lipinski definition) is 4. The molecule has 2 aromatic rings. The van der Waals surface area contributed by atoms with Crippen molar-refractivity contribution in [2.75, 3.05) is 0 Å². The quantitative estimate of drug-likeness (QED) is 0.881. The van der Waals surface area contributed by atoms with E-state index in [0.717, 1.165) is 21.2 Å². The Morgan fingerprint density at radius 1 is 1.44 bits per heavy atom. The molecule has 1 N–H and O–H groups in total. The number of benzene rings is 1. The van der Waals surface area contributed by atoms with Crippen LogP contribution in [0.25, 0.3) is 0 Å². The second-order valence-electron chi connectivity index (χ2n) is 3.58. The second kappa shape index (κ2) is 4.67. The summed E-state index contributed by atoms with van der Waals surface area (Å²) in [6.45, 7) is 2.10. The number of rotatable bonds is 3. The Morgan fingerprint density at radius 2 is 2.25 bits per heavy atom. The van der Waals surface area contributed by atoms with E-state index in [1.165, 1.54) is 0 Å². The Bertz CT molecular complexity index is 496. The van der Waals surface area contributed by atoms with Gasteiger partial charge < -0.3 is 9.67 Å². The lowest BCUT2D eigenvalue weighted by atomic mass is 10.1. The van der Waals surface area contributed by atoms with Crippen LogP contribution in [0.4, 0.5) is 0 Å². The highest BCUT2D eigenvalue weighted by molar-refractivity contribution is 7.99. The summed E-state index contributed by atoms with van der Waals surface area (Å²) >= 11 is 1.57. The summed E-state index contributed by atoms with van der Waals surface area (Å²) in [5.74, 6) is 0. The molecule has 1 aromatic heterocycles. The van der Waals surface area contributed by atoms with Crippen LogP contribution < -0.4 is 0 Å². The fraction of sp³-hybridized carbons (Fsp3) is 0.273. The van der Waals surface area contributed by atoms with Crippen LogP contribution in [-0.2, 0) is 13.7 Å². The van der Waals surface area contributed by atoms with Gasteiger partial charge in [0, 0.05) is 11.9 Å². The molecule has 0 aliphatic carbocycles. The van der Waals surface area contributed by atoms with Crippen LogP contribution in [0.5, 0.6) is 0 Å². The molecule has 84 valence electrons. The van der Waals surface area contributed by atoms with Gasteiger partial charge in [0.1, 0.15) is 6.33 Å². The van der Waals surface area contributed by atoms with Crippen LogP contribution >= 0.6 is 11.8 Å². The van der Waals surface area contributed by atoms with Crippen LogP contribution in [0.1, 0.15) is 11.1 Å². The van der Waals surface area contributed by atoms with Gasteiger partial charge in [-0.15, -0.1) is 10.2 Å². The van der Waals surface area contributed by atoms with Gasteiger partial charge in [0.2, 0.25) is 0 Å². The van der Waals surface area contributed by atoms with Crippen molar-refractivity contribution in [1.82, 2.24) is 14.8 Å². The van der Waals surface area contributed by atoms with Crippen LogP contribution in [-0.4, -0.2) is 19.9 Å². The number of nitrogens with zero attached hydrogens (tertiary/aromatic N) is 3. The van der Waals surface area contributed by atoms with Crippen molar-refractivity contribution in [3.8, 4) is 0 Å². The van der Waals surface area contributed by atoms with E-state index in [2.05, 4.69) is 10.2 Å². The third-order valence-corrected chi connectivity index (χ3v) is 3.52. The largest absolute Gasteiger partial charge is 0.392 e. The predicted octanol–water partition coefficient (Wildman–Crippen LogP) is 1.77. The van der Waals surface area contributed by atoms with E-state index in [-0.39, 0.29) is 6.61 Å². The molecule has 4 nitrogen and oxygen atoms in total. The molecule has 1 aromatic carbocycles. The number of aliphatic hydroxyl groups excluding tert-OH is 1. The Morgan fingerprint density at radius 3 is 2.81 bits per heavy atom. The third kappa shape index (κ3) is 2.25. The molecule has 0 saturated heterocycles. The number of aryl methyl sites for hydroxylation is 2. The Hall–Kier alpha value is -1.33. The van der Waals surface area contributed by atoms with E-state index in [0.29, 0.717) is 0 Å². The number of aliphatic hydroxyl groups is 1. The van der Waals surface area contributed by atoms with Crippen molar-refractivity contribution < 1.29 is 5.11 Å². The minimum atomic E-state index is 0.0791. The summed E-state index contributed by atoms with van der Waals surface area (Å²) in [6, 6.07) is 5.91. The molecular formula is C11H13N3OS. The van der Waals surface area contributed by atoms with Crippen LogP contribution in [0.3, 0.4) is 0 Å². The first-order valence-electron chi connectivity index (χ1n) is 4.93. The van der Waals surface area contributed by atoms with Crippen molar-refractivity contribution in [1.29, 1.82) is 0 Å². The first-order chi connectivity index (χ1) is 7.70. The zero-order valence-electron chi connectivity index (χ0n) is 9.21. The minimum absolute atomic E-state index is 0.0791. The van der Waals surface area contributed by atoms with Gasteiger partial charge in [0.15, 0.2) is 5.16 Å². The fourth-order valence-corrected chi connectivity index (χ4v) is 2.22. The van der Waals surface area contributed by atoms with Gasteiger partial charge in [-0.2, -0.15) is 0 Å². The topological polar surface area (TPSA) is 50.9 Å². The monoisotopic (exact) mass is 235 g/mol. The maximum atomic E-state index is 9.02. The van der Waals surface area contributed by atoms with E-state index in [9.17, 15) is 0 Å². The first-order valence-corrected chi connectivity index (χ1v) is 5.74. The summed E-state index contributed by atoms with van der Waals surface area (Å²) in [5.41, 5.74) is 2.07. The van der Waals surface area contributed by atoms with Crippen LogP contribution in [0.2, 0.25) is 0 Å². The maximum Gasteiger partial charge on any atom is 0.195 e. The lowest BCUT2D eigenvalue weighted by molar-refractivity contribution is 0.281. The molecule has 0 saturated carbocycles. The number of aromatic nitrogens is 3. The van der Waals surface area contributed by atoms with E-state index in [4.69, 9.17) is 5.11 Å². The van der Waals surface area contributed by atoms with E-state index < -0.39 is 0 Å². The molecule has 16 heavy (non-hydrogen) atoms. The van der Waals surface area contributed by atoms with Crippen molar-refractivity contribution in [2.45, 2.75) is 23.6 Å². The second-order valence-corrected chi connectivity index (χ2v) is 4.59. The molecule has 0 atom stereocenters. The molecule has 0 bridgehead atoms. The highest BCUT2D eigenvalue weighted by Crippen LogP contribution is 2.28. The summed E-state index contributed by atoms with van der Waals surface area (Å²) in [5, 5.41) is 17.7. The zero-order valence-corrected chi connectivity index (χ0v) is 10.0. The average molecular weight is 235 g/mol. The molecule has 0 fully saturated rings. The lowest BCUT2D eigenvalue weighted by Crippen LogP contribution is -1.91. The van der Waals surface area contributed by atoms with Crippen molar-refractivity contribution in [3.63, 3.8) is 0 Å². The molecule has 0 spiro atoms. The van der Waals surface area contributed by atoms with Gasteiger partial charge in [0.05, 0.1) is 6.61 Å². The Kier molecular flexibility index (Phi) is 3.26. The molecule has 0 radical (unpaired) electrons. The molecule has 5 heteroatoms. The SMILES string of the molecule is Cc1cc(CO)ccc1Sc1nncn1C. The van der Waals surface area contributed by atoms with Gasteiger partial charge in [-0.3, -0.25) is 0 Å². The highest BCUT2D eigenvalue weighted by Gasteiger charge is 2.06. The van der Waals surface area contributed by atoms with E-state index in [1.54, 1.807) is 18.1 Å². The van der Waals surface area contributed by atoms with Crippen LogP contribution in [0.15, 0.2) is 34.6 Å². The molecule has 0 amide bonds. The summed E-state index contributed by atoms with van der Waals surface area (Å²) in [6.07, 6.45) is 1.68. The first kappa shape index (κ1) is 11.2. The maximum absolute atomic E-state index is 9.02. The normalized spacial score (nSPS) is 10.7. The fourth-order valence-electron chi connectivity index (χ4n) is 1.39. The Balaban J connectivity index is 2.25. The van der Waals surface area contributed by atoms with Gasteiger partial charge in [0.25, 0.3) is 0 Å². The summed E-state index contributed by atoms with van der Waals surface area (Å²) in [7, 11) is 1.92. The Labute approximate surface area is 98.3 Å². The van der Waals surface area contributed by atoms with E-state index >= 15 is 0 Å². The molecular weight excluding hydrogens is 222 g/mol.